The molecule has 0 aliphatic carbocycles. The van der Waals surface area contributed by atoms with Crippen molar-refractivity contribution in [2.45, 2.75) is 34.6 Å². The highest BCUT2D eigenvalue weighted by atomic mass is 16.2. The van der Waals surface area contributed by atoms with E-state index in [1.165, 1.54) is 0 Å². The van der Waals surface area contributed by atoms with Gasteiger partial charge in [-0.15, -0.1) is 0 Å². The first-order valence-electron chi connectivity index (χ1n) is 5.60. The van der Waals surface area contributed by atoms with Gasteiger partial charge in [0.25, 0.3) is 0 Å². The van der Waals surface area contributed by atoms with Crippen LogP contribution in [0.3, 0.4) is 0 Å². The summed E-state index contributed by atoms with van der Waals surface area (Å²) in [6, 6.07) is 0.172. The van der Waals surface area contributed by atoms with Crippen molar-refractivity contribution in [3.05, 3.63) is 0 Å². The molecule has 0 unspecified atom stereocenters. The summed E-state index contributed by atoms with van der Waals surface area (Å²) in [5.74, 6) is 0.537. The van der Waals surface area contributed by atoms with Crippen LogP contribution in [0.1, 0.15) is 34.6 Å². The third kappa shape index (κ3) is 3.99. The van der Waals surface area contributed by atoms with Crippen LogP contribution in [0.4, 0.5) is 4.79 Å². The van der Waals surface area contributed by atoms with E-state index in [9.17, 15) is 4.79 Å². The standard InChI is InChI=1S/C11H24N2O/c1-6-12(7-2)11(14)13(8-3)9-10(4)5/h10H,6-9H2,1-5H3. The van der Waals surface area contributed by atoms with E-state index in [4.69, 9.17) is 0 Å². The summed E-state index contributed by atoms with van der Waals surface area (Å²) < 4.78 is 0. The first-order valence-corrected chi connectivity index (χ1v) is 5.60. The molecule has 0 saturated carbocycles. The maximum Gasteiger partial charge on any atom is 0.319 e. The van der Waals surface area contributed by atoms with Crippen molar-refractivity contribution < 1.29 is 4.79 Å². The van der Waals surface area contributed by atoms with Gasteiger partial charge in [-0.25, -0.2) is 4.79 Å². The Kier molecular flexibility index (Phi) is 6.34. The summed E-state index contributed by atoms with van der Waals surface area (Å²) in [5, 5.41) is 0. The number of carbonyl (C=O) groups is 1. The molecule has 0 aromatic heterocycles. The highest BCUT2D eigenvalue weighted by molar-refractivity contribution is 5.74. The molecule has 0 bridgehead atoms. The van der Waals surface area contributed by atoms with Crippen LogP contribution in [0.15, 0.2) is 0 Å². The van der Waals surface area contributed by atoms with Crippen LogP contribution in [0.2, 0.25) is 0 Å². The maximum atomic E-state index is 11.9. The van der Waals surface area contributed by atoms with Crippen LogP contribution in [0.25, 0.3) is 0 Å². The van der Waals surface area contributed by atoms with Gasteiger partial charge >= 0.3 is 6.03 Å². The van der Waals surface area contributed by atoms with Crippen LogP contribution >= 0.6 is 0 Å². The lowest BCUT2D eigenvalue weighted by Gasteiger charge is -2.29. The largest absolute Gasteiger partial charge is 0.325 e. The van der Waals surface area contributed by atoms with Crippen LogP contribution in [0, 0.1) is 5.92 Å². The summed E-state index contributed by atoms with van der Waals surface area (Å²) in [6.45, 7) is 13.6. The van der Waals surface area contributed by atoms with Crippen LogP contribution in [0.5, 0.6) is 0 Å². The van der Waals surface area contributed by atoms with Gasteiger partial charge in [0, 0.05) is 26.2 Å². The fraction of sp³-hybridized carbons (Fsp3) is 0.909. The lowest BCUT2D eigenvalue weighted by Crippen LogP contribution is -2.44. The minimum Gasteiger partial charge on any atom is -0.325 e. The zero-order valence-electron chi connectivity index (χ0n) is 10.2. The van der Waals surface area contributed by atoms with Crippen molar-refractivity contribution in [1.82, 2.24) is 9.80 Å². The molecule has 2 amide bonds. The first-order chi connectivity index (χ1) is 6.56. The molecule has 84 valence electrons. The van der Waals surface area contributed by atoms with Crippen molar-refractivity contribution in [3.8, 4) is 0 Å². The molecule has 0 aromatic rings. The van der Waals surface area contributed by atoms with Gasteiger partial charge in [-0.1, -0.05) is 13.8 Å². The summed E-state index contributed by atoms with van der Waals surface area (Å²) in [6.07, 6.45) is 0. The fourth-order valence-corrected chi connectivity index (χ4v) is 1.48. The second-order valence-electron chi connectivity index (χ2n) is 3.89. The van der Waals surface area contributed by atoms with Gasteiger partial charge in [0.15, 0.2) is 0 Å². The molecule has 0 spiro atoms. The van der Waals surface area contributed by atoms with E-state index in [1.807, 2.05) is 30.6 Å². The molecule has 0 aliphatic heterocycles. The second-order valence-corrected chi connectivity index (χ2v) is 3.89. The Morgan fingerprint density at radius 3 is 1.71 bits per heavy atom. The molecule has 14 heavy (non-hydrogen) atoms. The highest BCUT2D eigenvalue weighted by Crippen LogP contribution is 2.03. The molecule has 3 nitrogen and oxygen atoms in total. The van der Waals surface area contributed by atoms with Crippen molar-refractivity contribution in [2.75, 3.05) is 26.2 Å². The van der Waals surface area contributed by atoms with E-state index < -0.39 is 0 Å². The zero-order valence-corrected chi connectivity index (χ0v) is 10.2. The van der Waals surface area contributed by atoms with E-state index in [0.29, 0.717) is 5.92 Å². The summed E-state index contributed by atoms with van der Waals surface area (Å²) in [7, 11) is 0. The molecular weight excluding hydrogens is 176 g/mol. The summed E-state index contributed by atoms with van der Waals surface area (Å²) in [4.78, 5) is 15.7. The molecule has 0 atom stereocenters. The average Bonchev–Trinajstić information content (AvgIpc) is 2.15. The molecule has 0 saturated heterocycles. The van der Waals surface area contributed by atoms with Crippen molar-refractivity contribution in [3.63, 3.8) is 0 Å². The molecule has 3 heteroatoms. The number of nitrogens with zero attached hydrogens (tertiary/aromatic N) is 2. The predicted molar refractivity (Wildman–Crippen MR) is 60.4 cm³/mol. The Hall–Kier alpha value is -0.730. The topological polar surface area (TPSA) is 23.6 Å². The quantitative estimate of drug-likeness (QED) is 0.668. The smallest absolute Gasteiger partial charge is 0.319 e. The minimum absolute atomic E-state index is 0.172. The lowest BCUT2D eigenvalue weighted by atomic mass is 10.2. The van der Waals surface area contributed by atoms with Gasteiger partial charge in [-0.3, -0.25) is 0 Å². The number of amides is 2. The van der Waals surface area contributed by atoms with Gasteiger partial charge in [-0.05, 0) is 26.7 Å². The predicted octanol–water partition coefficient (Wildman–Crippen LogP) is 2.43. The summed E-state index contributed by atoms with van der Waals surface area (Å²) in [5.41, 5.74) is 0. The Morgan fingerprint density at radius 2 is 1.43 bits per heavy atom. The number of urea groups is 1. The molecule has 0 aromatic carbocycles. The monoisotopic (exact) mass is 200 g/mol. The second kappa shape index (κ2) is 6.68. The third-order valence-electron chi connectivity index (χ3n) is 2.27. The van der Waals surface area contributed by atoms with Gasteiger partial charge in [-0.2, -0.15) is 0 Å². The number of carbonyl (C=O) groups excluding carboxylic acids is 1. The summed E-state index contributed by atoms with van der Waals surface area (Å²) >= 11 is 0. The Bertz CT molecular complexity index is 165. The van der Waals surface area contributed by atoms with Crippen LogP contribution in [-0.2, 0) is 0 Å². The van der Waals surface area contributed by atoms with Crippen molar-refractivity contribution >= 4 is 6.03 Å². The molecule has 0 aliphatic rings. The zero-order chi connectivity index (χ0) is 11.1. The van der Waals surface area contributed by atoms with Crippen molar-refractivity contribution in [1.29, 1.82) is 0 Å². The highest BCUT2D eigenvalue weighted by Gasteiger charge is 2.17. The molecule has 0 fully saturated rings. The maximum absolute atomic E-state index is 11.9. The van der Waals surface area contributed by atoms with Gasteiger partial charge in [0.05, 0.1) is 0 Å². The van der Waals surface area contributed by atoms with Crippen LogP contribution < -0.4 is 0 Å². The normalized spacial score (nSPS) is 10.4. The molecule has 0 heterocycles. The van der Waals surface area contributed by atoms with Gasteiger partial charge in [0.1, 0.15) is 0 Å². The fourth-order valence-electron chi connectivity index (χ4n) is 1.48. The van der Waals surface area contributed by atoms with E-state index in [0.717, 1.165) is 26.2 Å². The average molecular weight is 200 g/mol. The van der Waals surface area contributed by atoms with E-state index in [1.54, 1.807) is 0 Å². The molecule has 0 radical (unpaired) electrons. The Balaban J connectivity index is 4.28. The molecular formula is C11H24N2O. The lowest BCUT2D eigenvalue weighted by molar-refractivity contribution is 0.154. The minimum atomic E-state index is 0.172. The van der Waals surface area contributed by atoms with E-state index >= 15 is 0 Å². The Morgan fingerprint density at radius 1 is 1.00 bits per heavy atom. The van der Waals surface area contributed by atoms with E-state index in [-0.39, 0.29) is 6.03 Å². The number of hydrogen-bond acceptors (Lipinski definition) is 1. The number of hydrogen-bond donors (Lipinski definition) is 0. The van der Waals surface area contributed by atoms with Gasteiger partial charge in [0.2, 0.25) is 0 Å². The van der Waals surface area contributed by atoms with Crippen LogP contribution in [-0.4, -0.2) is 42.0 Å². The third-order valence-corrected chi connectivity index (χ3v) is 2.27. The first kappa shape index (κ1) is 13.3. The SMILES string of the molecule is CCN(CC)C(=O)N(CC)CC(C)C. The Labute approximate surface area is 88.1 Å². The molecule has 0 rings (SSSR count). The molecule has 0 N–H and O–H groups in total. The van der Waals surface area contributed by atoms with Gasteiger partial charge < -0.3 is 9.80 Å². The van der Waals surface area contributed by atoms with E-state index in [2.05, 4.69) is 13.8 Å². The van der Waals surface area contributed by atoms with Crippen molar-refractivity contribution in [2.24, 2.45) is 5.92 Å². The number of rotatable bonds is 5.